The molecule has 5 heteroatoms. The molecule has 1 N–H and O–H groups in total. The van der Waals surface area contributed by atoms with Crippen LogP contribution in [0.1, 0.15) is 34.0 Å². The van der Waals surface area contributed by atoms with Crippen LogP contribution in [0.15, 0.2) is 67.0 Å². The van der Waals surface area contributed by atoms with Crippen molar-refractivity contribution >= 4 is 28.4 Å². The van der Waals surface area contributed by atoms with Crippen LogP contribution in [0.25, 0.3) is 22.2 Å². The molecule has 0 spiro atoms. The third-order valence-electron chi connectivity index (χ3n) is 5.25. The van der Waals surface area contributed by atoms with E-state index in [0.29, 0.717) is 17.1 Å². The average molecular weight is 416 g/mol. The van der Waals surface area contributed by atoms with Gasteiger partial charge in [-0.15, -0.1) is 0 Å². The summed E-state index contributed by atoms with van der Waals surface area (Å²) in [6, 6.07) is 17.6. The minimum absolute atomic E-state index is 0.153. The summed E-state index contributed by atoms with van der Waals surface area (Å²) in [5, 5.41) is 4.42. The van der Waals surface area contributed by atoms with Crippen molar-refractivity contribution in [1.82, 2.24) is 15.3 Å². The molecular formula is C25H22ClN3O. The van der Waals surface area contributed by atoms with Crippen LogP contribution in [-0.2, 0) is 13.0 Å². The van der Waals surface area contributed by atoms with E-state index in [1.54, 1.807) is 12.4 Å². The number of amides is 1. The lowest BCUT2D eigenvalue weighted by Gasteiger charge is -2.13. The van der Waals surface area contributed by atoms with Gasteiger partial charge in [0.15, 0.2) is 0 Å². The quantitative estimate of drug-likeness (QED) is 0.451. The summed E-state index contributed by atoms with van der Waals surface area (Å²) in [7, 11) is 0. The summed E-state index contributed by atoms with van der Waals surface area (Å²) in [5.74, 6) is -0.153. The van der Waals surface area contributed by atoms with Crippen LogP contribution in [0.4, 0.5) is 0 Å². The van der Waals surface area contributed by atoms with E-state index in [1.807, 2.05) is 49.4 Å². The van der Waals surface area contributed by atoms with Crippen LogP contribution >= 0.6 is 11.6 Å². The van der Waals surface area contributed by atoms with Crippen LogP contribution in [0.2, 0.25) is 5.02 Å². The number of fused-ring (bicyclic) bond motifs is 1. The molecule has 0 saturated heterocycles. The number of aromatic nitrogens is 2. The molecule has 0 radical (unpaired) electrons. The zero-order chi connectivity index (χ0) is 21.1. The molecule has 0 bridgehead atoms. The summed E-state index contributed by atoms with van der Waals surface area (Å²) in [6.07, 6.45) is 4.43. The van der Waals surface area contributed by atoms with Crippen molar-refractivity contribution in [1.29, 1.82) is 0 Å². The molecule has 4 aromatic rings. The smallest absolute Gasteiger partial charge is 0.252 e. The molecular weight excluding hydrogens is 394 g/mol. The Balaban J connectivity index is 1.78. The Morgan fingerprint density at radius 1 is 1.07 bits per heavy atom. The van der Waals surface area contributed by atoms with Crippen molar-refractivity contribution in [2.75, 3.05) is 0 Å². The van der Waals surface area contributed by atoms with Gasteiger partial charge in [-0.2, -0.15) is 0 Å². The number of halogens is 1. The zero-order valence-electron chi connectivity index (χ0n) is 16.9. The fourth-order valence-electron chi connectivity index (χ4n) is 3.43. The molecule has 0 aliphatic rings. The fraction of sp³-hybridized carbons (Fsp3) is 0.160. The lowest BCUT2D eigenvalue weighted by Crippen LogP contribution is -2.23. The lowest BCUT2D eigenvalue weighted by atomic mass is 10.0. The number of carbonyl (C=O) groups excluding carboxylic acids is 1. The summed E-state index contributed by atoms with van der Waals surface area (Å²) in [6.45, 7) is 4.46. The molecule has 0 saturated carbocycles. The Bertz CT molecular complexity index is 1200. The number of rotatable bonds is 5. The number of pyridine rings is 2. The average Bonchev–Trinajstić information content (AvgIpc) is 2.80. The van der Waals surface area contributed by atoms with Crippen LogP contribution < -0.4 is 5.32 Å². The Morgan fingerprint density at radius 2 is 1.87 bits per heavy atom. The zero-order valence-corrected chi connectivity index (χ0v) is 17.7. The number of nitrogens with zero attached hydrogens (tertiary/aromatic N) is 2. The van der Waals surface area contributed by atoms with Gasteiger partial charge in [-0.3, -0.25) is 9.78 Å². The number of aryl methyl sites for hydroxylation is 2. The molecule has 0 aliphatic heterocycles. The van der Waals surface area contributed by atoms with Crippen LogP contribution in [-0.4, -0.2) is 15.9 Å². The van der Waals surface area contributed by atoms with Gasteiger partial charge in [0, 0.05) is 34.9 Å². The Morgan fingerprint density at radius 3 is 2.57 bits per heavy atom. The monoisotopic (exact) mass is 415 g/mol. The predicted octanol–water partition coefficient (Wildman–Crippen LogP) is 5.75. The SMILES string of the molecule is CCc1ccc(-c2cc(C(=O)NCc3cccnc3)c3ccc(Cl)c(C)c3n2)cc1. The van der Waals surface area contributed by atoms with Gasteiger partial charge in [0.05, 0.1) is 16.8 Å². The van der Waals surface area contributed by atoms with E-state index in [1.165, 1.54) is 5.56 Å². The van der Waals surface area contributed by atoms with Crippen LogP contribution in [0.5, 0.6) is 0 Å². The molecule has 0 unspecified atom stereocenters. The van der Waals surface area contributed by atoms with Gasteiger partial charge in [-0.1, -0.05) is 54.9 Å². The number of carbonyl (C=O) groups is 1. The van der Waals surface area contributed by atoms with Crippen LogP contribution in [0, 0.1) is 6.92 Å². The van der Waals surface area contributed by atoms with E-state index in [9.17, 15) is 4.79 Å². The molecule has 2 aromatic heterocycles. The normalized spacial score (nSPS) is 10.9. The van der Waals surface area contributed by atoms with Crippen molar-refractivity contribution in [3.63, 3.8) is 0 Å². The van der Waals surface area contributed by atoms with Gasteiger partial charge >= 0.3 is 0 Å². The molecule has 4 nitrogen and oxygen atoms in total. The summed E-state index contributed by atoms with van der Waals surface area (Å²) in [4.78, 5) is 22.1. The maximum Gasteiger partial charge on any atom is 0.252 e. The number of nitrogens with one attached hydrogen (secondary N) is 1. The van der Waals surface area contributed by atoms with E-state index >= 15 is 0 Å². The van der Waals surface area contributed by atoms with Gasteiger partial charge in [0.25, 0.3) is 5.91 Å². The first-order valence-electron chi connectivity index (χ1n) is 9.93. The van der Waals surface area contributed by atoms with Crippen molar-refractivity contribution in [3.05, 3.63) is 94.3 Å². The first-order chi connectivity index (χ1) is 14.6. The third-order valence-corrected chi connectivity index (χ3v) is 5.66. The Labute approximate surface area is 181 Å². The van der Waals surface area contributed by atoms with Gasteiger partial charge < -0.3 is 5.32 Å². The number of benzene rings is 2. The molecule has 0 fully saturated rings. The first kappa shape index (κ1) is 20.0. The predicted molar refractivity (Wildman–Crippen MR) is 122 cm³/mol. The molecule has 150 valence electrons. The van der Waals surface area contributed by atoms with Gasteiger partial charge in [0.1, 0.15) is 0 Å². The number of hydrogen-bond acceptors (Lipinski definition) is 3. The minimum Gasteiger partial charge on any atom is -0.348 e. The van der Waals surface area contributed by atoms with E-state index in [4.69, 9.17) is 16.6 Å². The maximum atomic E-state index is 13.1. The summed E-state index contributed by atoms with van der Waals surface area (Å²) in [5.41, 5.74) is 6.11. The third kappa shape index (κ3) is 4.05. The van der Waals surface area contributed by atoms with Crippen molar-refractivity contribution in [2.45, 2.75) is 26.8 Å². The van der Waals surface area contributed by atoms with Gasteiger partial charge in [-0.05, 0) is 48.2 Å². The second kappa shape index (κ2) is 8.64. The molecule has 2 heterocycles. The standard InChI is InChI=1S/C25H22ClN3O/c1-3-17-6-8-19(9-7-17)23-13-21(20-10-11-22(26)16(2)24(20)29-23)25(30)28-15-18-5-4-12-27-14-18/h4-14H,3,15H2,1-2H3,(H,28,30). The van der Waals surface area contributed by atoms with E-state index in [2.05, 4.69) is 29.4 Å². The van der Waals surface area contributed by atoms with Gasteiger partial charge in [0.2, 0.25) is 0 Å². The molecule has 0 aliphatic carbocycles. The highest BCUT2D eigenvalue weighted by Crippen LogP contribution is 2.30. The second-order valence-corrected chi connectivity index (χ2v) is 7.63. The Kier molecular flexibility index (Phi) is 5.77. The maximum absolute atomic E-state index is 13.1. The highest BCUT2D eigenvalue weighted by molar-refractivity contribution is 6.32. The van der Waals surface area contributed by atoms with Crippen molar-refractivity contribution < 1.29 is 4.79 Å². The second-order valence-electron chi connectivity index (χ2n) is 7.22. The highest BCUT2D eigenvalue weighted by atomic mass is 35.5. The minimum atomic E-state index is -0.153. The summed E-state index contributed by atoms with van der Waals surface area (Å²) < 4.78 is 0. The fourth-order valence-corrected chi connectivity index (χ4v) is 3.58. The van der Waals surface area contributed by atoms with E-state index in [0.717, 1.165) is 39.7 Å². The van der Waals surface area contributed by atoms with Crippen LogP contribution in [0.3, 0.4) is 0 Å². The summed E-state index contributed by atoms with van der Waals surface area (Å²) >= 11 is 6.35. The first-order valence-corrected chi connectivity index (χ1v) is 10.3. The topological polar surface area (TPSA) is 54.9 Å². The lowest BCUT2D eigenvalue weighted by molar-refractivity contribution is 0.0952. The van der Waals surface area contributed by atoms with Crippen molar-refractivity contribution in [3.8, 4) is 11.3 Å². The van der Waals surface area contributed by atoms with E-state index < -0.39 is 0 Å². The molecule has 2 aromatic carbocycles. The molecule has 4 rings (SSSR count). The molecule has 30 heavy (non-hydrogen) atoms. The number of hydrogen-bond donors (Lipinski definition) is 1. The highest BCUT2D eigenvalue weighted by Gasteiger charge is 2.16. The Hall–Kier alpha value is -3.24. The van der Waals surface area contributed by atoms with Crippen molar-refractivity contribution in [2.24, 2.45) is 0 Å². The molecule has 0 atom stereocenters. The van der Waals surface area contributed by atoms with E-state index in [-0.39, 0.29) is 5.91 Å². The van der Waals surface area contributed by atoms with Gasteiger partial charge in [-0.25, -0.2) is 4.98 Å². The molecule has 1 amide bonds. The largest absolute Gasteiger partial charge is 0.348 e.